The average Bonchev–Trinajstić information content (AvgIpc) is 3.41. The Hall–Kier alpha value is -3.81. The van der Waals surface area contributed by atoms with E-state index in [9.17, 15) is 19.2 Å². The van der Waals surface area contributed by atoms with Gasteiger partial charge in [0.2, 0.25) is 5.91 Å². The lowest BCUT2D eigenvalue weighted by molar-refractivity contribution is -0.170. The fourth-order valence-corrected chi connectivity index (χ4v) is 5.80. The quantitative estimate of drug-likeness (QED) is 0.312. The van der Waals surface area contributed by atoms with E-state index in [0.29, 0.717) is 6.54 Å². The molecule has 4 N–H and O–H groups in total. The van der Waals surface area contributed by atoms with E-state index in [2.05, 4.69) is 34.3 Å². The number of carbonyl (C=O) groups excluding carboxylic acids is 1. The largest absolute Gasteiger partial charge is 0.481 e. The van der Waals surface area contributed by atoms with Gasteiger partial charge in [0.25, 0.3) is 0 Å². The lowest BCUT2D eigenvalue weighted by Crippen LogP contribution is -2.52. The molecule has 1 unspecified atom stereocenters. The lowest BCUT2D eigenvalue weighted by atomic mass is 9.79. The molecule has 0 radical (unpaired) electrons. The van der Waals surface area contributed by atoms with Crippen LogP contribution in [0.25, 0.3) is 0 Å². The molecule has 1 aromatic carbocycles. The minimum absolute atomic E-state index is 0.0381. The number of carboxylic acid groups (broad SMARTS) is 3. The highest BCUT2D eigenvalue weighted by Gasteiger charge is 2.42. The predicted molar refractivity (Wildman–Crippen MR) is 147 cm³/mol. The van der Waals surface area contributed by atoms with Gasteiger partial charge in [-0.05, 0) is 42.9 Å². The van der Waals surface area contributed by atoms with Crippen LogP contribution in [0.3, 0.4) is 0 Å². The molecule has 228 valence electrons. The third kappa shape index (κ3) is 7.52. The topological polar surface area (TPSA) is 183 Å². The van der Waals surface area contributed by atoms with Gasteiger partial charge in [-0.1, -0.05) is 24.3 Å². The normalized spacial score (nSPS) is 18.6. The van der Waals surface area contributed by atoms with Gasteiger partial charge in [0.1, 0.15) is 0 Å². The number of rotatable bonds is 10. The standard InChI is InChI=1S/C23H30N4O2.C6H8O7/c28-22(26-11-4-12-26)20(18-27-13-3-10-24-27)17-25-14-8-23(9-15-25)21-6-2-1-5-19(21)7-16-29-23;7-3(8)1-6(13,5(11)12)2-4(9)10/h1-3,5-6,10,13,20H,4,7-9,11-12,14-18H2;13H,1-2H2,(H,7,8)(H,9,10)(H,11,12). The maximum absolute atomic E-state index is 13.0. The maximum Gasteiger partial charge on any atom is 0.336 e. The molecule has 0 bridgehead atoms. The average molecular weight is 587 g/mol. The molecule has 2 aromatic rings. The molecule has 1 spiro atoms. The number of amides is 1. The minimum Gasteiger partial charge on any atom is -0.481 e. The molecular weight excluding hydrogens is 548 g/mol. The summed E-state index contributed by atoms with van der Waals surface area (Å²) >= 11 is 0. The van der Waals surface area contributed by atoms with Crippen molar-refractivity contribution in [1.82, 2.24) is 19.6 Å². The first-order valence-electron chi connectivity index (χ1n) is 14.1. The second kappa shape index (κ2) is 13.4. The Labute approximate surface area is 243 Å². The zero-order valence-electron chi connectivity index (χ0n) is 23.4. The van der Waals surface area contributed by atoms with E-state index < -0.39 is 36.4 Å². The smallest absolute Gasteiger partial charge is 0.336 e. The van der Waals surface area contributed by atoms with Gasteiger partial charge < -0.3 is 35.0 Å². The molecular formula is C29H38N4O9. The van der Waals surface area contributed by atoms with E-state index in [-0.39, 0.29) is 17.4 Å². The molecule has 1 atom stereocenters. The molecule has 2 fully saturated rings. The third-order valence-electron chi connectivity index (χ3n) is 8.17. The first kappa shape index (κ1) is 31.1. The number of piperidine rings is 1. The van der Waals surface area contributed by atoms with Gasteiger partial charge in [-0.15, -0.1) is 0 Å². The molecule has 2 saturated heterocycles. The maximum atomic E-state index is 13.0. The summed E-state index contributed by atoms with van der Waals surface area (Å²) < 4.78 is 8.26. The summed E-state index contributed by atoms with van der Waals surface area (Å²) in [5.74, 6) is -4.77. The van der Waals surface area contributed by atoms with Crippen molar-refractivity contribution in [1.29, 1.82) is 0 Å². The number of fused-ring (bicyclic) bond motifs is 2. The number of hydrogen-bond acceptors (Lipinski definition) is 8. The van der Waals surface area contributed by atoms with Crippen molar-refractivity contribution in [2.24, 2.45) is 5.92 Å². The van der Waals surface area contributed by atoms with Gasteiger partial charge in [0.05, 0.1) is 37.5 Å². The van der Waals surface area contributed by atoms with Crippen molar-refractivity contribution in [2.75, 3.05) is 39.3 Å². The molecule has 42 heavy (non-hydrogen) atoms. The number of nitrogens with zero attached hydrogens (tertiary/aromatic N) is 4. The highest BCUT2D eigenvalue weighted by Crippen LogP contribution is 2.41. The fourth-order valence-electron chi connectivity index (χ4n) is 5.80. The van der Waals surface area contributed by atoms with Crippen LogP contribution in [-0.4, -0.2) is 109 Å². The number of aliphatic hydroxyl groups is 1. The van der Waals surface area contributed by atoms with E-state index >= 15 is 0 Å². The second-order valence-corrected chi connectivity index (χ2v) is 11.1. The molecule has 5 rings (SSSR count). The van der Waals surface area contributed by atoms with Crippen LogP contribution < -0.4 is 0 Å². The first-order chi connectivity index (χ1) is 20.0. The summed E-state index contributed by atoms with van der Waals surface area (Å²) in [7, 11) is 0. The van der Waals surface area contributed by atoms with Gasteiger partial charge >= 0.3 is 17.9 Å². The molecule has 13 heteroatoms. The zero-order chi connectivity index (χ0) is 30.3. The molecule has 13 nitrogen and oxygen atoms in total. The van der Waals surface area contributed by atoms with Crippen molar-refractivity contribution >= 4 is 23.8 Å². The van der Waals surface area contributed by atoms with Crippen LogP contribution >= 0.6 is 0 Å². The monoisotopic (exact) mass is 586 g/mol. The predicted octanol–water partition coefficient (Wildman–Crippen LogP) is 1.05. The second-order valence-electron chi connectivity index (χ2n) is 11.1. The van der Waals surface area contributed by atoms with E-state index in [1.54, 1.807) is 6.20 Å². The van der Waals surface area contributed by atoms with Crippen molar-refractivity contribution in [2.45, 2.75) is 56.3 Å². The molecule has 3 aliphatic heterocycles. The summed E-state index contributed by atoms with van der Waals surface area (Å²) in [6, 6.07) is 10.7. The van der Waals surface area contributed by atoms with Crippen molar-refractivity contribution < 1.29 is 44.3 Å². The van der Waals surface area contributed by atoms with Gasteiger partial charge in [-0.25, -0.2) is 4.79 Å². The fraction of sp³-hybridized carbons (Fsp3) is 0.552. The highest BCUT2D eigenvalue weighted by molar-refractivity contribution is 5.88. The molecule has 1 aromatic heterocycles. The molecule has 0 saturated carbocycles. The van der Waals surface area contributed by atoms with Crippen molar-refractivity contribution in [3.05, 3.63) is 53.9 Å². The Morgan fingerprint density at radius 3 is 2.17 bits per heavy atom. The Bertz CT molecular complexity index is 1240. The van der Waals surface area contributed by atoms with Crippen LogP contribution in [0.5, 0.6) is 0 Å². The molecule has 3 aliphatic rings. The number of carboxylic acids is 3. The van der Waals surface area contributed by atoms with Crippen LogP contribution in [0.15, 0.2) is 42.7 Å². The van der Waals surface area contributed by atoms with Gasteiger partial charge in [0.15, 0.2) is 5.60 Å². The summed E-state index contributed by atoms with van der Waals surface area (Å²) in [5, 5.41) is 38.1. The molecule has 4 heterocycles. The molecule has 0 aliphatic carbocycles. The van der Waals surface area contributed by atoms with E-state index in [4.69, 9.17) is 25.2 Å². The Morgan fingerprint density at radius 2 is 1.62 bits per heavy atom. The lowest BCUT2D eigenvalue weighted by Gasteiger charge is -2.46. The number of aromatic nitrogens is 2. The third-order valence-corrected chi connectivity index (χ3v) is 8.17. The van der Waals surface area contributed by atoms with Gasteiger partial charge in [-0.2, -0.15) is 5.10 Å². The number of ether oxygens (including phenoxy) is 1. The van der Waals surface area contributed by atoms with Crippen LogP contribution in [0, 0.1) is 5.92 Å². The van der Waals surface area contributed by atoms with Gasteiger partial charge in [0, 0.05) is 45.1 Å². The summed E-state index contributed by atoms with van der Waals surface area (Å²) in [6.07, 6.45) is 5.58. The number of aliphatic carboxylic acids is 3. The van der Waals surface area contributed by atoms with Crippen molar-refractivity contribution in [3.8, 4) is 0 Å². The summed E-state index contributed by atoms with van der Waals surface area (Å²) in [5.41, 5.74) is -0.0468. The van der Waals surface area contributed by atoms with Crippen molar-refractivity contribution in [3.63, 3.8) is 0 Å². The van der Waals surface area contributed by atoms with Gasteiger partial charge in [-0.3, -0.25) is 19.1 Å². The zero-order valence-corrected chi connectivity index (χ0v) is 23.4. The Kier molecular flexibility index (Phi) is 9.97. The van der Waals surface area contributed by atoms with E-state index in [0.717, 1.165) is 65.0 Å². The number of carbonyl (C=O) groups is 4. The summed E-state index contributed by atoms with van der Waals surface area (Å²) in [4.78, 5) is 48.0. The van der Waals surface area contributed by atoms with E-state index in [1.165, 1.54) is 11.1 Å². The Balaban J connectivity index is 0.000000266. The van der Waals surface area contributed by atoms with Crippen LogP contribution in [-0.2, 0) is 42.5 Å². The SMILES string of the molecule is O=C(C(CN1CCC2(CC1)OCCc1ccccc12)Cn1cccn1)N1CCC1.O=C(O)CC(O)(CC(=O)O)C(=O)O. The van der Waals surface area contributed by atoms with Crippen LogP contribution in [0.4, 0.5) is 0 Å². The van der Waals surface area contributed by atoms with Crippen LogP contribution in [0.1, 0.15) is 43.2 Å². The Morgan fingerprint density at radius 1 is 0.952 bits per heavy atom. The van der Waals surface area contributed by atoms with E-state index in [1.807, 2.05) is 21.8 Å². The number of hydrogen-bond donors (Lipinski definition) is 4. The number of benzene rings is 1. The number of likely N-dealkylation sites (tertiary alicyclic amines) is 2. The molecule has 1 amide bonds. The van der Waals surface area contributed by atoms with Crippen LogP contribution in [0.2, 0.25) is 0 Å². The summed E-state index contributed by atoms with van der Waals surface area (Å²) in [6.45, 7) is 6.02. The first-order valence-corrected chi connectivity index (χ1v) is 14.1. The minimum atomic E-state index is -2.74. The highest BCUT2D eigenvalue weighted by atomic mass is 16.5.